The van der Waals surface area contributed by atoms with Gasteiger partial charge in [-0.15, -0.1) is 6.58 Å². The SMILES string of the molecule is C=CCCC(CC)SC. The summed E-state index contributed by atoms with van der Waals surface area (Å²) in [6.45, 7) is 5.93. The zero-order valence-corrected chi connectivity index (χ0v) is 7.21. The average Bonchev–Trinajstić information content (AvgIpc) is 1.91. The third-order valence-corrected chi connectivity index (χ3v) is 2.72. The first-order valence-corrected chi connectivity index (χ1v) is 4.77. The zero-order valence-electron chi connectivity index (χ0n) is 6.39. The molecule has 0 radical (unpaired) electrons. The molecular weight excluding hydrogens is 128 g/mol. The van der Waals surface area contributed by atoms with Crippen molar-refractivity contribution in [3.05, 3.63) is 12.7 Å². The van der Waals surface area contributed by atoms with Crippen molar-refractivity contribution < 1.29 is 0 Å². The van der Waals surface area contributed by atoms with Crippen molar-refractivity contribution in [2.45, 2.75) is 31.4 Å². The quantitative estimate of drug-likeness (QED) is 0.534. The van der Waals surface area contributed by atoms with Gasteiger partial charge in [-0.3, -0.25) is 0 Å². The van der Waals surface area contributed by atoms with Crippen LogP contribution in [0.15, 0.2) is 12.7 Å². The van der Waals surface area contributed by atoms with E-state index in [1.54, 1.807) is 0 Å². The van der Waals surface area contributed by atoms with Gasteiger partial charge in [0, 0.05) is 5.25 Å². The molecule has 1 unspecified atom stereocenters. The first-order chi connectivity index (χ1) is 4.35. The van der Waals surface area contributed by atoms with E-state index in [0.29, 0.717) is 0 Å². The summed E-state index contributed by atoms with van der Waals surface area (Å²) < 4.78 is 0. The van der Waals surface area contributed by atoms with Crippen LogP contribution in [0, 0.1) is 0 Å². The van der Waals surface area contributed by atoms with Crippen LogP contribution in [0.3, 0.4) is 0 Å². The molecule has 0 N–H and O–H groups in total. The van der Waals surface area contributed by atoms with Crippen LogP contribution in [0.1, 0.15) is 26.2 Å². The van der Waals surface area contributed by atoms with Crippen LogP contribution < -0.4 is 0 Å². The molecule has 0 bridgehead atoms. The van der Waals surface area contributed by atoms with E-state index in [4.69, 9.17) is 0 Å². The second kappa shape index (κ2) is 6.21. The summed E-state index contributed by atoms with van der Waals surface area (Å²) in [6.07, 6.45) is 7.92. The number of rotatable bonds is 5. The van der Waals surface area contributed by atoms with Crippen molar-refractivity contribution in [1.29, 1.82) is 0 Å². The Kier molecular flexibility index (Phi) is 6.28. The smallest absolute Gasteiger partial charge is 0.00446 e. The normalized spacial score (nSPS) is 13.1. The first-order valence-electron chi connectivity index (χ1n) is 3.48. The molecule has 0 nitrogen and oxygen atoms in total. The van der Waals surface area contributed by atoms with Crippen molar-refractivity contribution >= 4 is 11.8 Å². The fourth-order valence-corrected chi connectivity index (χ4v) is 1.50. The van der Waals surface area contributed by atoms with Crippen molar-refractivity contribution in [3.8, 4) is 0 Å². The Labute approximate surface area is 62.7 Å². The summed E-state index contributed by atoms with van der Waals surface area (Å²) in [5.41, 5.74) is 0. The number of allylic oxidation sites excluding steroid dienone is 1. The van der Waals surface area contributed by atoms with Crippen molar-refractivity contribution in [1.82, 2.24) is 0 Å². The van der Waals surface area contributed by atoms with E-state index in [2.05, 4.69) is 19.8 Å². The lowest BCUT2D eigenvalue weighted by molar-refractivity contribution is 0.750. The maximum atomic E-state index is 3.69. The molecule has 0 saturated carbocycles. The van der Waals surface area contributed by atoms with Gasteiger partial charge in [-0.25, -0.2) is 0 Å². The fourth-order valence-electron chi connectivity index (χ4n) is 0.792. The minimum Gasteiger partial charge on any atom is -0.162 e. The van der Waals surface area contributed by atoms with Gasteiger partial charge in [0.05, 0.1) is 0 Å². The van der Waals surface area contributed by atoms with Gasteiger partial charge < -0.3 is 0 Å². The molecule has 0 spiro atoms. The lowest BCUT2D eigenvalue weighted by Gasteiger charge is -2.08. The molecule has 0 aromatic heterocycles. The highest BCUT2D eigenvalue weighted by Gasteiger charge is 2.00. The van der Waals surface area contributed by atoms with E-state index in [9.17, 15) is 0 Å². The van der Waals surface area contributed by atoms with Gasteiger partial charge in [0.15, 0.2) is 0 Å². The maximum Gasteiger partial charge on any atom is 0.00446 e. The van der Waals surface area contributed by atoms with Crippen LogP contribution in [0.2, 0.25) is 0 Å². The average molecular weight is 144 g/mol. The molecule has 0 fully saturated rings. The van der Waals surface area contributed by atoms with Gasteiger partial charge in [0.2, 0.25) is 0 Å². The van der Waals surface area contributed by atoms with Gasteiger partial charge in [0.25, 0.3) is 0 Å². The number of thioether (sulfide) groups is 1. The second-order valence-corrected chi connectivity index (χ2v) is 3.27. The lowest BCUT2D eigenvalue weighted by Crippen LogP contribution is -1.97. The standard InChI is InChI=1S/C8H16S/c1-4-6-7-8(5-2)9-3/h4,8H,1,5-7H2,2-3H3. The molecule has 0 heterocycles. The fraction of sp³-hybridized carbons (Fsp3) is 0.750. The first kappa shape index (κ1) is 9.09. The van der Waals surface area contributed by atoms with Crippen LogP contribution >= 0.6 is 11.8 Å². The Bertz CT molecular complexity index is 65.0. The zero-order chi connectivity index (χ0) is 7.11. The Morgan fingerprint density at radius 1 is 1.67 bits per heavy atom. The molecule has 54 valence electrons. The van der Waals surface area contributed by atoms with E-state index in [-0.39, 0.29) is 0 Å². The molecule has 0 amide bonds. The topological polar surface area (TPSA) is 0 Å². The molecule has 1 heteroatoms. The summed E-state index contributed by atoms with van der Waals surface area (Å²) in [7, 11) is 0. The lowest BCUT2D eigenvalue weighted by atomic mass is 10.2. The van der Waals surface area contributed by atoms with E-state index < -0.39 is 0 Å². The molecule has 0 rings (SSSR count). The van der Waals surface area contributed by atoms with Crippen molar-refractivity contribution in [2.75, 3.05) is 6.26 Å². The largest absolute Gasteiger partial charge is 0.162 e. The number of hydrogen-bond donors (Lipinski definition) is 0. The van der Waals surface area contributed by atoms with Gasteiger partial charge >= 0.3 is 0 Å². The summed E-state index contributed by atoms with van der Waals surface area (Å²) in [4.78, 5) is 0. The van der Waals surface area contributed by atoms with Crippen molar-refractivity contribution in [2.24, 2.45) is 0 Å². The molecule has 0 aromatic rings. The summed E-state index contributed by atoms with van der Waals surface area (Å²) in [5, 5.41) is 0.850. The van der Waals surface area contributed by atoms with Crippen molar-refractivity contribution in [3.63, 3.8) is 0 Å². The molecular formula is C8H16S. The minimum atomic E-state index is 0.850. The predicted molar refractivity (Wildman–Crippen MR) is 47.0 cm³/mol. The third-order valence-electron chi connectivity index (χ3n) is 1.48. The van der Waals surface area contributed by atoms with Crippen LogP contribution in [0.5, 0.6) is 0 Å². The van der Waals surface area contributed by atoms with Gasteiger partial charge in [-0.05, 0) is 25.5 Å². The van der Waals surface area contributed by atoms with E-state index in [1.165, 1.54) is 19.3 Å². The molecule has 0 aliphatic carbocycles. The van der Waals surface area contributed by atoms with Gasteiger partial charge in [-0.1, -0.05) is 13.0 Å². The third kappa shape index (κ3) is 4.58. The van der Waals surface area contributed by atoms with E-state index in [0.717, 1.165) is 5.25 Å². The van der Waals surface area contributed by atoms with Crippen LogP contribution in [0.25, 0.3) is 0 Å². The van der Waals surface area contributed by atoms with Crippen LogP contribution in [0.4, 0.5) is 0 Å². The minimum absolute atomic E-state index is 0.850. The monoisotopic (exact) mass is 144 g/mol. The molecule has 9 heavy (non-hydrogen) atoms. The Hall–Kier alpha value is 0.0900. The number of hydrogen-bond acceptors (Lipinski definition) is 1. The summed E-state index contributed by atoms with van der Waals surface area (Å²) >= 11 is 1.96. The Morgan fingerprint density at radius 2 is 2.33 bits per heavy atom. The van der Waals surface area contributed by atoms with Gasteiger partial charge in [0.1, 0.15) is 0 Å². The highest BCUT2D eigenvalue weighted by Crippen LogP contribution is 2.15. The molecule has 0 aliphatic heterocycles. The summed E-state index contributed by atoms with van der Waals surface area (Å²) in [6, 6.07) is 0. The van der Waals surface area contributed by atoms with E-state index >= 15 is 0 Å². The second-order valence-electron chi connectivity index (χ2n) is 2.13. The predicted octanol–water partition coefficient (Wildman–Crippen LogP) is 3.09. The molecule has 0 aliphatic rings. The van der Waals surface area contributed by atoms with Crippen LogP contribution in [-0.2, 0) is 0 Å². The molecule has 1 atom stereocenters. The summed E-state index contributed by atoms with van der Waals surface area (Å²) in [5.74, 6) is 0. The molecule has 0 aromatic carbocycles. The highest BCUT2D eigenvalue weighted by atomic mass is 32.2. The Morgan fingerprint density at radius 3 is 2.67 bits per heavy atom. The van der Waals surface area contributed by atoms with Crippen LogP contribution in [-0.4, -0.2) is 11.5 Å². The Balaban J connectivity index is 3.19. The highest BCUT2D eigenvalue weighted by molar-refractivity contribution is 7.99. The van der Waals surface area contributed by atoms with E-state index in [1.807, 2.05) is 17.8 Å². The molecule has 0 saturated heterocycles. The van der Waals surface area contributed by atoms with Gasteiger partial charge in [-0.2, -0.15) is 11.8 Å². The maximum absolute atomic E-state index is 3.69.